The molecule has 4 rings (SSSR count). The molecule has 0 saturated heterocycles. The Bertz CT molecular complexity index is 1470. The van der Waals surface area contributed by atoms with Crippen molar-refractivity contribution in [1.82, 2.24) is 5.43 Å². The van der Waals surface area contributed by atoms with E-state index in [2.05, 4.69) is 15.2 Å². The smallest absolute Gasteiger partial charge is 0.271 e. The van der Waals surface area contributed by atoms with Crippen LogP contribution in [-0.4, -0.2) is 27.6 Å². The number of hydrogen-bond donors (Lipinski definition) is 2. The molecule has 188 valence electrons. The van der Waals surface area contributed by atoms with Gasteiger partial charge in [0.25, 0.3) is 15.9 Å². The highest BCUT2D eigenvalue weighted by Gasteiger charge is 2.14. The standard InChI is InChI=1S/C28H25N3O5S/c1-35-27-18-22(12-17-26(27)36-20-21-8-4-2-5-9-21)19-29-30-28(32)23-13-15-24(16-14-23)31-37(33,34)25-10-6-3-7-11-25/h2-19,31H,20H2,1H3,(H,30,32)/b29-19-. The van der Waals surface area contributed by atoms with Crippen LogP contribution in [0.25, 0.3) is 0 Å². The van der Waals surface area contributed by atoms with Gasteiger partial charge in [-0.05, 0) is 65.7 Å². The van der Waals surface area contributed by atoms with Crippen LogP contribution in [-0.2, 0) is 16.6 Å². The van der Waals surface area contributed by atoms with Gasteiger partial charge < -0.3 is 9.47 Å². The molecule has 0 aliphatic carbocycles. The zero-order chi connectivity index (χ0) is 26.1. The topological polar surface area (TPSA) is 106 Å². The van der Waals surface area contributed by atoms with Gasteiger partial charge in [0.05, 0.1) is 18.2 Å². The molecule has 37 heavy (non-hydrogen) atoms. The van der Waals surface area contributed by atoms with Crippen molar-refractivity contribution in [2.24, 2.45) is 5.10 Å². The number of carbonyl (C=O) groups is 1. The Kier molecular flexibility index (Phi) is 8.17. The average Bonchev–Trinajstić information content (AvgIpc) is 2.93. The number of carbonyl (C=O) groups excluding carboxylic acids is 1. The van der Waals surface area contributed by atoms with E-state index in [4.69, 9.17) is 9.47 Å². The minimum Gasteiger partial charge on any atom is -0.493 e. The largest absolute Gasteiger partial charge is 0.493 e. The van der Waals surface area contributed by atoms with Gasteiger partial charge in [0.1, 0.15) is 6.61 Å². The van der Waals surface area contributed by atoms with Gasteiger partial charge in [-0.1, -0.05) is 48.5 Å². The number of nitrogens with zero attached hydrogens (tertiary/aromatic N) is 1. The average molecular weight is 516 g/mol. The summed E-state index contributed by atoms with van der Waals surface area (Å²) in [5, 5.41) is 4.01. The van der Waals surface area contributed by atoms with Crippen molar-refractivity contribution in [1.29, 1.82) is 0 Å². The second-order valence-electron chi connectivity index (χ2n) is 7.88. The van der Waals surface area contributed by atoms with Crippen LogP contribution in [0.5, 0.6) is 11.5 Å². The Morgan fingerprint density at radius 2 is 1.54 bits per heavy atom. The molecule has 9 heteroatoms. The molecule has 0 aliphatic rings. The zero-order valence-electron chi connectivity index (χ0n) is 20.0. The highest BCUT2D eigenvalue weighted by Crippen LogP contribution is 2.28. The lowest BCUT2D eigenvalue weighted by atomic mass is 10.2. The van der Waals surface area contributed by atoms with E-state index in [1.165, 1.54) is 42.6 Å². The zero-order valence-corrected chi connectivity index (χ0v) is 20.8. The molecule has 0 radical (unpaired) electrons. The summed E-state index contributed by atoms with van der Waals surface area (Å²) in [4.78, 5) is 12.6. The van der Waals surface area contributed by atoms with Gasteiger partial charge in [0, 0.05) is 11.3 Å². The van der Waals surface area contributed by atoms with E-state index in [0.29, 0.717) is 34.9 Å². The Hall–Kier alpha value is -4.63. The number of nitrogens with one attached hydrogen (secondary N) is 2. The predicted octanol–water partition coefficient (Wildman–Crippen LogP) is 4.84. The lowest BCUT2D eigenvalue weighted by Gasteiger charge is -2.11. The first kappa shape index (κ1) is 25.5. The van der Waals surface area contributed by atoms with Crippen LogP contribution in [0.1, 0.15) is 21.5 Å². The van der Waals surface area contributed by atoms with Crippen LogP contribution in [0.3, 0.4) is 0 Å². The van der Waals surface area contributed by atoms with Crippen molar-refractivity contribution >= 4 is 27.8 Å². The molecule has 0 aromatic heterocycles. The summed E-state index contributed by atoms with van der Waals surface area (Å²) in [7, 11) is -2.16. The molecule has 0 unspecified atom stereocenters. The number of hydrogen-bond acceptors (Lipinski definition) is 6. The van der Waals surface area contributed by atoms with Crippen molar-refractivity contribution in [2.75, 3.05) is 11.8 Å². The maximum absolute atomic E-state index is 12.4. The Labute approximate surface area is 215 Å². The number of ether oxygens (including phenoxy) is 2. The van der Waals surface area contributed by atoms with E-state index in [-0.39, 0.29) is 4.90 Å². The molecule has 0 fully saturated rings. The van der Waals surface area contributed by atoms with Crippen LogP contribution >= 0.6 is 0 Å². The molecule has 0 spiro atoms. The van der Waals surface area contributed by atoms with Crippen molar-refractivity contribution in [2.45, 2.75) is 11.5 Å². The fraction of sp³-hybridized carbons (Fsp3) is 0.0714. The van der Waals surface area contributed by atoms with E-state index in [0.717, 1.165) is 5.56 Å². The van der Waals surface area contributed by atoms with Crippen molar-refractivity contribution in [3.8, 4) is 11.5 Å². The molecular weight excluding hydrogens is 490 g/mol. The first-order valence-corrected chi connectivity index (χ1v) is 12.8. The van der Waals surface area contributed by atoms with Crippen molar-refractivity contribution < 1.29 is 22.7 Å². The van der Waals surface area contributed by atoms with Gasteiger partial charge >= 0.3 is 0 Å². The van der Waals surface area contributed by atoms with Crippen LogP contribution in [0.4, 0.5) is 5.69 Å². The normalized spacial score (nSPS) is 11.2. The van der Waals surface area contributed by atoms with E-state index in [9.17, 15) is 13.2 Å². The van der Waals surface area contributed by atoms with Gasteiger partial charge in [-0.2, -0.15) is 5.10 Å². The first-order chi connectivity index (χ1) is 17.9. The van der Waals surface area contributed by atoms with E-state index in [1.807, 2.05) is 30.3 Å². The molecule has 4 aromatic carbocycles. The SMILES string of the molecule is COc1cc(/C=N\NC(=O)c2ccc(NS(=O)(=O)c3ccccc3)cc2)ccc1OCc1ccccc1. The summed E-state index contributed by atoms with van der Waals surface area (Å²) in [5.41, 5.74) is 4.86. The maximum atomic E-state index is 12.4. The summed E-state index contributed by atoms with van der Waals surface area (Å²) in [6.07, 6.45) is 1.49. The third kappa shape index (κ3) is 6.96. The fourth-order valence-corrected chi connectivity index (χ4v) is 4.43. The number of rotatable bonds is 10. The van der Waals surface area contributed by atoms with Gasteiger partial charge in [-0.25, -0.2) is 13.8 Å². The number of anilines is 1. The molecule has 2 N–H and O–H groups in total. The molecule has 0 heterocycles. The Balaban J connectivity index is 1.34. The first-order valence-electron chi connectivity index (χ1n) is 11.3. The van der Waals surface area contributed by atoms with Gasteiger partial charge in [-0.3, -0.25) is 9.52 Å². The van der Waals surface area contributed by atoms with Gasteiger partial charge in [0.2, 0.25) is 0 Å². The molecule has 8 nitrogen and oxygen atoms in total. The van der Waals surface area contributed by atoms with E-state index in [1.54, 1.807) is 43.5 Å². The lowest BCUT2D eigenvalue weighted by Crippen LogP contribution is -2.18. The number of amides is 1. The summed E-state index contributed by atoms with van der Waals surface area (Å²) in [5.74, 6) is 0.693. The molecule has 0 saturated carbocycles. The van der Waals surface area contributed by atoms with Crippen molar-refractivity contribution in [3.63, 3.8) is 0 Å². The summed E-state index contributed by atoms with van der Waals surface area (Å²) < 4.78 is 38.6. The summed E-state index contributed by atoms with van der Waals surface area (Å²) in [6, 6.07) is 29.2. The fourth-order valence-electron chi connectivity index (χ4n) is 3.35. The highest BCUT2D eigenvalue weighted by molar-refractivity contribution is 7.92. The molecule has 0 bridgehead atoms. The van der Waals surface area contributed by atoms with Crippen LogP contribution in [0.2, 0.25) is 0 Å². The minimum absolute atomic E-state index is 0.151. The number of methoxy groups -OCH3 is 1. The lowest BCUT2D eigenvalue weighted by molar-refractivity contribution is 0.0955. The molecule has 0 aliphatic heterocycles. The highest BCUT2D eigenvalue weighted by atomic mass is 32.2. The second-order valence-corrected chi connectivity index (χ2v) is 9.56. The second kappa shape index (κ2) is 11.9. The number of hydrazone groups is 1. The summed E-state index contributed by atoms with van der Waals surface area (Å²) >= 11 is 0. The molecular formula is C28H25N3O5S. The monoisotopic (exact) mass is 515 g/mol. The van der Waals surface area contributed by atoms with E-state index < -0.39 is 15.9 Å². The summed E-state index contributed by atoms with van der Waals surface area (Å²) in [6.45, 7) is 0.410. The number of benzene rings is 4. The molecule has 1 amide bonds. The van der Waals surface area contributed by atoms with Crippen LogP contribution in [0, 0.1) is 0 Å². The van der Waals surface area contributed by atoms with Crippen LogP contribution in [0.15, 0.2) is 113 Å². The quantitative estimate of drug-likeness (QED) is 0.232. The Morgan fingerprint density at radius 3 is 2.22 bits per heavy atom. The minimum atomic E-state index is -3.71. The molecule has 0 atom stereocenters. The third-order valence-electron chi connectivity index (χ3n) is 5.26. The van der Waals surface area contributed by atoms with Crippen LogP contribution < -0.4 is 19.6 Å². The van der Waals surface area contributed by atoms with Crippen molar-refractivity contribution in [3.05, 3.63) is 120 Å². The van der Waals surface area contributed by atoms with Gasteiger partial charge in [0.15, 0.2) is 11.5 Å². The van der Waals surface area contributed by atoms with E-state index >= 15 is 0 Å². The third-order valence-corrected chi connectivity index (χ3v) is 6.65. The maximum Gasteiger partial charge on any atom is 0.271 e. The number of sulfonamides is 1. The molecule has 4 aromatic rings. The van der Waals surface area contributed by atoms with Gasteiger partial charge in [-0.15, -0.1) is 0 Å². The Morgan fingerprint density at radius 1 is 0.865 bits per heavy atom. The predicted molar refractivity (Wildman–Crippen MR) is 143 cm³/mol.